The van der Waals surface area contributed by atoms with Gasteiger partial charge in [0.25, 0.3) is 0 Å². The minimum absolute atomic E-state index is 0.0346. The monoisotopic (exact) mass is 235 g/mol. The van der Waals surface area contributed by atoms with Gasteiger partial charge in [0.15, 0.2) is 0 Å². The van der Waals surface area contributed by atoms with E-state index < -0.39 is 0 Å². The molecule has 0 unspecified atom stereocenters. The van der Waals surface area contributed by atoms with Gasteiger partial charge in [-0.3, -0.25) is 4.79 Å². The minimum atomic E-state index is -0.0346. The summed E-state index contributed by atoms with van der Waals surface area (Å²) in [6.45, 7) is 6.07. The molecule has 12 heavy (non-hydrogen) atoms. The molecule has 0 aromatic rings. The van der Waals surface area contributed by atoms with Crippen LogP contribution in [0.4, 0.5) is 0 Å². The summed E-state index contributed by atoms with van der Waals surface area (Å²) in [5.41, 5.74) is -0.0346. The summed E-state index contributed by atoms with van der Waals surface area (Å²) in [7, 11) is 0. The number of nitrogens with one attached hydrogen (secondary N) is 1. The molecule has 72 valence electrons. The Kier molecular flexibility index (Phi) is 5.55. The van der Waals surface area contributed by atoms with Gasteiger partial charge in [0, 0.05) is 17.3 Å². The molecule has 0 saturated heterocycles. The third kappa shape index (κ3) is 3.13. The largest absolute Gasteiger partial charge is 0.350 e. The summed E-state index contributed by atoms with van der Waals surface area (Å²) < 4.78 is 0. The smallest absolute Gasteiger partial charge is 0.220 e. The molecule has 0 rings (SSSR count). The van der Waals surface area contributed by atoms with E-state index in [0.29, 0.717) is 6.42 Å². The molecule has 0 fully saturated rings. The minimum Gasteiger partial charge on any atom is -0.350 e. The van der Waals surface area contributed by atoms with Crippen LogP contribution >= 0.6 is 15.9 Å². The van der Waals surface area contributed by atoms with Crippen LogP contribution in [0.25, 0.3) is 0 Å². The maximum atomic E-state index is 11.2. The quantitative estimate of drug-likeness (QED) is 0.730. The number of alkyl halides is 1. The van der Waals surface area contributed by atoms with Crippen molar-refractivity contribution >= 4 is 21.8 Å². The predicted molar refractivity (Wildman–Crippen MR) is 55.5 cm³/mol. The van der Waals surface area contributed by atoms with Crippen LogP contribution in [0.1, 0.15) is 40.0 Å². The first kappa shape index (κ1) is 11.9. The fourth-order valence-corrected chi connectivity index (χ4v) is 1.97. The second-order valence-electron chi connectivity index (χ2n) is 3.02. The lowest BCUT2D eigenvalue weighted by Gasteiger charge is -2.30. The average molecular weight is 236 g/mol. The fraction of sp³-hybridized carbons (Fsp3) is 0.889. The maximum Gasteiger partial charge on any atom is 0.220 e. The van der Waals surface area contributed by atoms with Gasteiger partial charge in [0.2, 0.25) is 5.91 Å². The van der Waals surface area contributed by atoms with Crippen molar-refractivity contribution in [3.63, 3.8) is 0 Å². The first-order valence-electron chi connectivity index (χ1n) is 4.51. The zero-order valence-corrected chi connectivity index (χ0v) is 9.70. The van der Waals surface area contributed by atoms with E-state index in [1.165, 1.54) is 0 Å². The molecular formula is C9H18BrNO. The van der Waals surface area contributed by atoms with Crippen LogP contribution in [0.2, 0.25) is 0 Å². The molecule has 2 nitrogen and oxygen atoms in total. The van der Waals surface area contributed by atoms with Gasteiger partial charge in [-0.1, -0.05) is 36.7 Å². The Morgan fingerprint density at radius 2 is 1.83 bits per heavy atom. The summed E-state index contributed by atoms with van der Waals surface area (Å²) in [4.78, 5) is 11.2. The van der Waals surface area contributed by atoms with Crippen molar-refractivity contribution in [1.29, 1.82) is 0 Å². The van der Waals surface area contributed by atoms with Crippen molar-refractivity contribution in [3.8, 4) is 0 Å². The molecule has 0 spiro atoms. The van der Waals surface area contributed by atoms with Crippen LogP contribution < -0.4 is 5.32 Å². The third-order valence-corrected chi connectivity index (χ3v) is 3.41. The second kappa shape index (κ2) is 5.57. The first-order valence-corrected chi connectivity index (χ1v) is 5.63. The highest BCUT2D eigenvalue weighted by atomic mass is 79.9. The Labute approximate surface area is 83.2 Å². The van der Waals surface area contributed by atoms with E-state index in [-0.39, 0.29) is 11.4 Å². The van der Waals surface area contributed by atoms with Crippen molar-refractivity contribution in [3.05, 3.63) is 0 Å². The second-order valence-corrected chi connectivity index (χ2v) is 3.58. The number of rotatable bonds is 5. The lowest BCUT2D eigenvalue weighted by Crippen LogP contribution is -2.48. The topological polar surface area (TPSA) is 29.1 Å². The normalized spacial score (nSPS) is 11.3. The molecule has 0 heterocycles. The van der Waals surface area contributed by atoms with E-state index in [1.54, 1.807) is 0 Å². The molecule has 0 saturated carbocycles. The van der Waals surface area contributed by atoms with Gasteiger partial charge in [-0.2, -0.15) is 0 Å². The molecule has 3 heteroatoms. The van der Waals surface area contributed by atoms with E-state index in [2.05, 4.69) is 35.1 Å². The maximum absolute atomic E-state index is 11.2. The van der Waals surface area contributed by atoms with E-state index in [9.17, 15) is 4.79 Å². The Hall–Kier alpha value is -0.0500. The fourth-order valence-electron chi connectivity index (χ4n) is 1.03. The summed E-state index contributed by atoms with van der Waals surface area (Å²) in [5.74, 6) is 0.137. The SMILES string of the molecule is CCC(=O)NC(CC)(CC)CBr. The van der Waals surface area contributed by atoms with Gasteiger partial charge in [-0.15, -0.1) is 0 Å². The van der Waals surface area contributed by atoms with Gasteiger partial charge in [0.05, 0.1) is 0 Å². The Morgan fingerprint density at radius 1 is 1.33 bits per heavy atom. The van der Waals surface area contributed by atoms with E-state index in [0.717, 1.165) is 18.2 Å². The van der Waals surface area contributed by atoms with Crippen LogP contribution in [-0.4, -0.2) is 16.8 Å². The van der Waals surface area contributed by atoms with E-state index >= 15 is 0 Å². The highest BCUT2D eigenvalue weighted by Crippen LogP contribution is 2.17. The van der Waals surface area contributed by atoms with Crippen molar-refractivity contribution in [2.45, 2.75) is 45.6 Å². The molecule has 0 atom stereocenters. The van der Waals surface area contributed by atoms with Gasteiger partial charge < -0.3 is 5.32 Å². The van der Waals surface area contributed by atoms with Gasteiger partial charge in [-0.05, 0) is 12.8 Å². The molecule has 0 aliphatic heterocycles. The third-order valence-electron chi connectivity index (χ3n) is 2.34. The van der Waals surface area contributed by atoms with Crippen LogP contribution in [0.3, 0.4) is 0 Å². The van der Waals surface area contributed by atoms with E-state index in [4.69, 9.17) is 0 Å². The molecule has 0 aliphatic rings. The Balaban J connectivity index is 4.19. The zero-order chi connectivity index (χ0) is 9.61. The molecule has 0 aromatic carbocycles. The standard InChI is InChI=1S/C9H18BrNO/c1-4-8(12)11-9(5-2,6-3)7-10/h4-7H2,1-3H3,(H,11,12). The van der Waals surface area contributed by atoms with E-state index in [1.807, 2.05) is 6.92 Å². The predicted octanol–water partition coefficient (Wildman–Crippen LogP) is 2.47. The number of carbonyl (C=O) groups excluding carboxylic acids is 1. The van der Waals surface area contributed by atoms with Crippen LogP contribution in [0, 0.1) is 0 Å². The van der Waals surface area contributed by atoms with Crippen LogP contribution in [-0.2, 0) is 4.79 Å². The summed E-state index contributed by atoms with van der Waals surface area (Å²) in [6.07, 6.45) is 2.51. The lowest BCUT2D eigenvalue weighted by molar-refractivity contribution is -0.122. The number of hydrogen-bond donors (Lipinski definition) is 1. The van der Waals surface area contributed by atoms with Crippen molar-refractivity contribution in [2.75, 3.05) is 5.33 Å². The average Bonchev–Trinajstić information content (AvgIpc) is 2.14. The van der Waals surface area contributed by atoms with Crippen LogP contribution in [0.15, 0.2) is 0 Å². The Bertz CT molecular complexity index is 135. The van der Waals surface area contributed by atoms with Crippen molar-refractivity contribution < 1.29 is 4.79 Å². The highest BCUT2D eigenvalue weighted by molar-refractivity contribution is 9.09. The van der Waals surface area contributed by atoms with Gasteiger partial charge >= 0.3 is 0 Å². The summed E-state index contributed by atoms with van der Waals surface area (Å²) in [5, 5.41) is 3.88. The van der Waals surface area contributed by atoms with Crippen LogP contribution in [0.5, 0.6) is 0 Å². The number of hydrogen-bond acceptors (Lipinski definition) is 1. The molecule has 0 bridgehead atoms. The molecule has 0 aliphatic carbocycles. The van der Waals surface area contributed by atoms with Crippen molar-refractivity contribution in [2.24, 2.45) is 0 Å². The molecule has 1 N–H and O–H groups in total. The number of halogens is 1. The van der Waals surface area contributed by atoms with Gasteiger partial charge in [-0.25, -0.2) is 0 Å². The Morgan fingerprint density at radius 3 is 2.08 bits per heavy atom. The van der Waals surface area contributed by atoms with Gasteiger partial charge in [0.1, 0.15) is 0 Å². The summed E-state index contributed by atoms with van der Waals surface area (Å²) >= 11 is 3.44. The highest BCUT2D eigenvalue weighted by Gasteiger charge is 2.25. The first-order chi connectivity index (χ1) is 5.64. The molecule has 1 amide bonds. The summed E-state index contributed by atoms with van der Waals surface area (Å²) in [6, 6.07) is 0. The number of carbonyl (C=O) groups is 1. The molecule has 0 aromatic heterocycles. The molecule has 0 radical (unpaired) electrons. The van der Waals surface area contributed by atoms with Crippen molar-refractivity contribution in [1.82, 2.24) is 5.32 Å². The molecular weight excluding hydrogens is 218 g/mol. The number of amides is 1. The lowest BCUT2D eigenvalue weighted by atomic mass is 9.95. The zero-order valence-electron chi connectivity index (χ0n) is 8.11.